The minimum Gasteiger partial charge on any atom is -0.347 e. The van der Waals surface area contributed by atoms with Gasteiger partial charge in [0.1, 0.15) is 6.33 Å². The Morgan fingerprint density at radius 2 is 2.12 bits per heavy atom. The summed E-state index contributed by atoms with van der Waals surface area (Å²) in [5.74, 6) is 0.366. The number of aromatic nitrogens is 2. The summed E-state index contributed by atoms with van der Waals surface area (Å²) in [4.78, 5) is 19.5. The van der Waals surface area contributed by atoms with Gasteiger partial charge in [-0.15, -0.1) is 11.6 Å². The number of hydrogen-bond acceptors (Lipinski definition) is 3. The molecule has 0 aliphatic carbocycles. The highest BCUT2D eigenvalue weighted by atomic mass is 35.5. The van der Waals surface area contributed by atoms with Crippen LogP contribution in [0.2, 0.25) is 0 Å². The summed E-state index contributed by atoms with van der Waals surface area (Å²) < 4.78 is 0. The van der Waals surface area contributed by atoms with Gasteiger partial charge in [0.05, 0.1) is 5.56 Å². The van der Waals surface area contributed by atoms with Crippen LogP contribution in [0.15, 0.2) is 18.7 Å². The summed E-state index contributed by atoms with van der Waals surface area (Å²) in [7, 11) is 0. The Hall–Kier alpha value is -1.16. The van der Waals surface area contributed by atoms with Crippen molar-refractivity contribution in [2.75, 3.05) is 5.88 Å². The van der Waals surface area contributed by atoms with E-state index in [0.29, 0.717) is 11.4 Å². The first-order chi connectivity index (χ1) is 7.61. The quantitative estimate of drug-likeness (QED) is 0.803. The molecule has 4 nitrogen and oxygen atoms in total. The molecule has 0 saturated carbocycles. The van der Waals surface area contributed by atoms with Crippen molar-refractivity contribution < 1.29 is 4.79 Å². The maximum absolute atomic E-state index is 11.9. The fourth-order valence-electron chi connectivity index (χ4n) is 1.30. The van der Waals surface area contributed by atoms with Gasteiger partial charge in [-0.1, -0.05) is 6.92 Å². The molecule has 0 spiro atoms. The number of carbonyl (C=O) groups excluding carboxylic acids is 1. The third-order valence-corrected chi connectivity index (χ3v) is 2.85. The molecular weight excluding hydrogens is 226 g/mol. The van der Waals surface area contributed by atoms with Gasteiger partial charge in [-0.25, -0.2) is 9.97 Å². The lowest BCUT2D eigenvalue weighted by atomic mass is 9.95. The van der Waals surface area contributed by atoms with E-state index in [9.17, 15) is 4.79 Å². The topological polar surface area (TPSA) is 54.9 Å². The Morgan fingerprint density at radius 1 is 1.50 bits per heavy atom. The molecule has 1 heterocycles. The van der Waals surface area contributed by atoms with Crippen LogP contribution >= 0.6 is 11.6 Å². The molecule has 16 heavy (non-hydrogen) atoms. The predicted octanol–water partition coefficient (Wildman–Crippen LogP) is 2.00. The van der Waals surface area contributed by atoms with Gasteiger partial charge in [-0.3, -0.25) is 4.79 Å². The Morgan fingerprint density at radius 3 is 2.62 bits per heavy atom. The van der Waals surface area contributed by atoms with Crippen molar-refractivity contribution in [2.45, 2.75) is 32.2 Å². The van der Waals surface area contributed by atoms with Gasteiger partial charge < -0.3 is 5.32 Å². The zero-order chi connectivity index (χ0) is 12.0. The number of amides is 1. The van der Waals surface area contributed by atoms with Crippen LogP contribution in [-0.2, 0) is 0 Å². The molecule has 0 fully saturated rings. The van der Waals surface area contributed by atoms with Gasteiger partial charge in [0.2, 0.25) is 0 Å². The largest absolute Gasteiger partial charge is 0.347 e. The number of alkyl halides is 1. The fraction of sp³-hybridized carbons (Fsp3) is 0.545. The van der Waals surface area contributed by atoms with Crippen molar-refractivity contribution in [3.05, 3.63) is 24.3 Å². The lowest BCUT2D eigenvalue weighted by Crippen LogP contribution is -2.45. The highest BCUT2D eigenvalue weighted by Crippen LogP contribution is 2.15. The third-order valence-electron chi connectivity index (χ3n) is 2.66. The van der Waals surface area contributed by atoms with E-state index >= 15 is 0 Å². The van der Waals surface area contributed by atoms with Gasteiger partial charge in [-0.2, -0.15) is 0 Å². The molecule has 1 N–H and O–H groups in total. The standard InChI is InChI=1S/C11H16ClN3O/c1-3-11(2,4-5-12)15-10(16)9-6-13-8-14-7-9/h6-8H,3-5H2,1-2H3,(H,15,16). The molecule has 1 rings (SSSR count). The van der Waals surface area contributed by atoms with Gasteiger partial charge in [0, 0.05) is 23.8 Å². The van der Waals surface area contributed by atoms with Gasteiger partial charge in [-0.05, 0) is 19.8 Å². The van der Waals surface area contributed by atoms with E-state index in [4.69, 9.17) is 11.6 Å². The number of nitrogens with one attached hydrogen (secondary N) is 1. The van der Waals surface area contributed by atoms with Crippen molar-refractivity contribution in [3.63, 3.8) is 0 Å². The van der Waals surface area contributed by atoms with Gasteiger partial charge in [0.25, 0.3) is 5.91 Å². The molecule has 0 aliphatic rings. The van der Waals surface area contributed by atoms with Crippen LogP contribution in [0.5, 0.6) is 0 Å². The Labute approximate surface area is 100 Å². The molecule has 1 atom stereocenters. The van der Waals surface area contributed by atoms with Crippen molar-refractivity contribution in [1.82, 2.24) is 15.3 Å². The normalized spacial score (nSPS) is 14.2. The summed E-state index contributed by atoms with van der Waals surface area (Å²) in [6.45, 7) is 4.01. The maximum Gasteiger partial charge on any atom is 0.254 e. The molecule has 0 radical (unpaired) electrons. The zero-order valence-electron chi connectivity index (χ0n) is 9.53. The Bertz CT molecular complexity index is 344. The molecule has 1 aromatic rings. The summed E-state index contributed by atoms with van der Waals surface area (Å²) in [5.41, 5.74) is 0.200. The van der Waals surface area contributed by atoms with E-state index in [0.717, 1.165) is 12.8 Å². The highest BCUT2D eigenvalue weighted by Gasteiger charge is 2.24. The predicted molar refractivity (Wildman–Crippen MR) is 63.5 cm³/mol. The van der Waals surface area contributed by atoms with Crippen molar-refractivity contribution >= 4 is 17.5 Å². The van der Waals surface area contributed by atoms with E-state index in [1.54, 1.807) is 0 Å². The van der Waals surface area contributed by atoms with Crippen LogP contribution in [0.3, 0.4) is 0 Å². The number of rotatable bonds is 5. The molecule has 0 aliphatic heterocycles. The highest BCUT2D eigenvalue weighted by molar-refractivity contribution is 6.17. The number of carbonyl (C=O) groups is 1. The first kappa shape index (κ1) is 12.9. The molecule has 5 heteroatoms. The first-order valence-electron chi connectivity index (χ1n) is 5.25. The minimum absolute atomic E-state index is 0.157. The maximum atomic E-state index is 11.9. The molecule has 1 aromatic heterocycles. The minimum atomic E-state index is -0.269. The average molecular weight is 242 g/mol. The van der Waals surface area contributed by atoms with E-state index in [-0.39, 0.29) is 11.4 Å². The van der Waals surface area contributed by atoms with E-state index < -0.39 is 0 Å². The summed E-state index contributed by atoms with van der Waals surface area (Å²) in [5, 5.41) is 2.96. The van der Waals surface area contributed by atoms with Gasteiger partial charge in [0.15, 0.2) is 0 Å². The van der Waals surface area contributed by atoms with Crippen LogP contribution in [0.1, 0.15) is 37.0 Å². The summed E-state index contributed by atoms with van der Waals surface area (Å²) >= 11 is 5.72. The molecule has 1 amide bonds. The van der Waals surface area contributed by atoms with Crippen molar-refractivity contribution in [3.8, 4) is 0 Å². The second-order valence-corrected chi connectivity index (χ2v) is 4.31. The number of hydrogen-bond donors (Lipinski definition) is 1. The SMILES string of the molecule is CCC(C)(CCCl)NC(=O)c1cncnc1. The molecule has 0 aromatic carbocycles. The average Bonchev–Trinajstić information content (AvgIpc) is 2.30. The fourth-order valence-corrected chi connectivity index (χ4v) is 1.72. The first-order valence-corrected chi connectivity index (χ1v) is 5.78. The van der Waals surface area contributed by atoms with E-state index in [2.05, 4.69) is 15.3 Å². The molecular formula is C11H16ClN3O. The van der Waals surface area contributed by atoms with Crippen LogP contribution in [0.4, 0.5) is 0 Å². The van der Waals surface area contributed by atoms with Crippen LogP contribution in [-0.4, -0.2) is 27.3 Å². The zero-order valence-corrected chi connectivity index (χ0v) is 10.3. The monoisotopic (exact) mass is 241 g/mol. The summed E-state index contributed by atoms with van der Waals surface area (Å²) in [6, 6.07) is 0. The Balaban J connectivity index is 2.70. The van der Waals surface area contributed by atoms with E-state index in [1.807, 2.05) is 13.8 Å². The number of halogens is 1. The lowest BCUT2D eigenvalue weighted by Gasteiger charge is -2.28. The third kappa shape index (κ3) is 3.45. The molecule has 1 unspecified atom stereocenters. The van der Waals surface area contributed by atoms with E-state index in [1.165, 1.54) is 18.7 Å². The lowest BCUT2D eigenvalue weighted by molar-refractivity contribution is 0.0901. The second-order valence-electron chi connectivity index (χ2n) is 3.93. The Kier molecular flexibility index (Phi) is 4.68. The van der Waals surface area contributed by atoms with Crippen molar-refractivity contribution in [1.29, 1.82) is 0 Å². The second kappa shape index (κ2) is 5.80. The smallest absolute Gasteiger partial charge is 0.254 e. The van der Waals surface area contributed by atoms with Crippen LogP contribution < -0.4 is 5.32 Å². The number of nitrogens with zero attached hydrogens (tertiary/aromatic N) is 2. The molecule has 88 valence electrons. The van der Waals surface area contributed by atoms with Crippen LogP contribution in [0, 0.1) is 0 Å². The molecule has 0 bridgehead atoms. The van der Waals surface area contributed by atoms with Gasteiger partial charge >= 0.3 is 0 Å². The summed E-state index contributed by atoms with van der Waals surface area (Å²) in [6.07, 6.45) is 5.97. The molecule has 0 saturated heterocycles. The van der Waals surface area contributed by atoms with Crippen LogP contribution in [0.25, 0.3) is 0 Å². The van der Waals surface area contributed by atoms with Crippen molar-refractivity contribution in [2.24, 2.45) is 0 Å².